The van der Waals surface area contributed by atoms with Crippen molar-refractivity contribution in [2.75, 3.05) is 17.3 Å². The molecule has 0 saturated carbocycles. The number of aromatic nitrogens is 7. The van der Waals surface area contributed by atoms with E-state index in [4.69, 9.17) is 11.6 Å². The number of carbonyl (C=O) groups excluding carboxylic acids is 1. The highest BCUT2D eigenvalue weighted by molar-refractivity contribution is 6.30. The number of carbonyl (C=O) groups is 1. The molecule has 0 aliphatic carbocycles. The monoisotopic (exact) mass is 500 g/mol. The van der Waals surface area contributed by atoms with Crippen LogP contribution < -0.4 is 15.5 Å². The summed E-state index contributed by atoms with van der Waals surface area (Å²) in [5.41, 5.74) is 3.09. The zero-order valence-electron chi connectivity index (χ0n) is 19.4. The fourth-order valence-corrected chi connectivity index (χ4v) is 4.37. The maximum absolute atomic E-state index is 13.1. The van der Waals surface area contributed by atoms with Crippen molar-refractivity contribution in [3.05, 3.63) is 77.3 Å². The van der Waals surface area contributed by atoms with Gasteiger partial charge in [-0.3, -0.25) is 14.0 Å². The molecule has 0 spiro atoms. The summed E-state index contributed by atoms with van der Waals surface area (Å²) >= 11 is 6.04. The van der Waals surface area contributed by atoms with E-state index in [1.165, 1.54) is 0 Å². The lowest BCUT2D eigenvalue weighted by molar-refractivity contribution is 0.244. The normalized spacial score (nSPS) is 15.1. The van der Waals surface area contributed by atoms with Crippen LogP contribution >= 0.6 is 11.6 Å². The number of rotatable bonds is 5. The summed E-state index contributed by atoms with van der Waals surface area (Å²) in [6, 6.07) is 14.4. The maximum Gasteiger partial charge on any atom is 0.323 e. The molecule has 11 nitrogen and oxygen atoms in total. The van der Waals surface area contributed by atoms with Crippen molar-refractivity contribution >= 4 is 40.9 Å². The predicted molar refractivity (Wildman–Crippen MR) is 135 cm³/mol. The molecular formula is C24H21ClN10O. The molecule has 6 rings (SSSR count). The molecule has 5 heterocycles. The number of pyridine rings is 1. The summed E-state index contributed by atoms with van der Waals surface area (Å²) in [6.45, 7) is 0. The van der Waals surface area contributed by atoms with Crippen LogP contribution in [0.3, 0.4) is 0 Å². The summed E-state index contributed by atoms with van der Waals surface area (Å²) in [7, 11) is 3.55. The summed E-state index contributed by atoms with van der Waals surface area (Å²) in [5.74, 6) is 2.48. The van der Waals surface area contributed by atoms with E-state index in [0.717, 1.165) is 16.9 Å². The van der Waals surface area contributed by atoms with Gasteiger partial charge in [0.2, 0.25) is 5.95 Å². The average Bonchev–Trinajstić information content (AvgIpc) is 3.47. The number of hydrogen-bond donors (Lipinski definition) is 2. The van der Waals surface area contributed by atoms with Gasteiger partial charge in [-0.2, -0.15) is 5.10 Å². The van der Waals surface area contributed by atoms with Gasteiger partial charge in [0, 0.05) is 43.4 Å². The van der Waals surface area contributed by atoms with Crippen molar-refractivity contribution in [3.63, 3.8) is 0 Å². The van der Waals surface area contributed by atoms with Gasteiger partial charge < -0.3 is 10.6 Å². The first-order valence-corrected chi connectivity index (χ1v) is 11.6. The van der Waals surface area contributed by atoms with Crippen molar-refractivity contribution in [1.82, 2.24) is 39.7 Å². The van der Waals surface area contributed by atoms with Crippen LogP contribution in [0, 0.1) is 0 Å². The van der Waals surface area contributed by atoms with E-state index < -0.39 is 0 Å². The van der Waals surface area contributed by atoms with Crippen molar-refractivity contribution in [3.8, 4) is 11.3 Å². The lowest BCUT2D eigenvalue weighted by Crippen LogP contribution is -2.38. The first-order chi connectivity index (χ1) is 17.5. The zero-order valence-corrected chi connectivity index (χ0v) is 20.2. The Morgan fingerprint density at radius 1 is 1.06 bits per heavy atom. The van der Waals surface area contributed by atoms with Gasteiger partial charge in [-0.25, -0.2) is 14.8 Å². The molecule has 180 valence electrons. The number of nitrogens with one attached hydrogen (secondary N) is 2. The van der Waals surface area contributed by atoms with Gasteiger partial charge in [-0.15, -0.1) is 10.2 Å². The van der Waals surface area contributed by atoms with Gasteiger partial charge in [0.25, 0.3) is 0 Å². The van der Waals surface area contributed by atoms with Crippen molar-refractivity contribution in [2.24, 2.45) is 7.05 Å². The van der Waals surface area contributed by atoms with Gasteiger partial charge in [0.1, 0.15) is 11.6 Å². The quantitative estimate of drug-likeness (QED) is 0.377. The highest BCUT2D eigenvalue weighted by Gasteiger charge is 2.30. The summed E-state index contributed by atoms with van der Waals surface area (Å²) in [6.07, 6.45) is 3.92. The van der Waals surface area contributed by atoms with Crippen LogP contribution in [0.25, 0.3) is 16.9 Å². The molecule has 2 N–H and O–H groups in total. The molecule has 1 aliphatic rings. The number of anilines is 3. The van der Waals surface area contributed by atoms with Gasteiger partial charge in [-0.05, 0) is 35.9 Å². The summed E-state index contributed by atoms with van der Waals surface area (Å²) in [4.78, 5) is 23.6. The van der Waals surface area contributed by atoms with Crippen LogP contribution in [0.5, 0.6) is 0 Å². The van der Waals surface area contributed by atoms with Gasteiger partial charge >= 0.3 is 6.03 Å². The van der Waals surface area contributed by atoms with E-state index >= 15 is 0 Å². The molecule has 12 heteroatoms. The van der Waals surface area contributed by atoms with Crippen LogP contribution in [0.2, 0.25) is 5.02 Å². The Morgan fingerprint density at radius 3 is 2.67 bits per heavy atom. The zero-order chi connectivity index (χ0) is 24.8. The molecule has 1 aliphatic heterocycles. The Balaban J connectivity index is 1.40. The molecule has 0 radical (unpaired) electrons. The summed E-state index contributed by atoms with van der Waals surface area (Å²) < 4.78 is 3.60. The lowest BCUT2D eigenvalue weighted by atomic mass is 10.1. The molecule has 0 fully saturated rings. The maximum atomic E-state index is 13.1. The molecule has 0 bridgehead atoms. The minimum absolute atomic E-state index is 0.237. The number of aryl methyl sites for hydroxylation is 1. The third-order valence-electron chi connectivity index (χ3n) is 6.13. The van der Waals surface area contributed by atoms with E-state index in [9.17, 15) is 4.79 Å². The molecule has 2 amide bonds. The number of halogens is 1. The number of nitrogens with zero attached hydrogens (tertiary/aromatic N) is 8. The lowest BCUT2D eigenvalue weighted by Gasteiger charge is -2.18. The number of hydrogen-bond acceptors (Lipinski definition) is 7. The highest BCUT2D eigenvalue weighted by atomic mass is 35.5. The molecule has 1 aromatic carbocycles. The third kappa shape index (κ3) is 3.89. The van der Waals surface area contributed by atoms with Crippen molar-refractivity contribution in [1.29, 1.82) is 0 Å². The van der Waals surface area contributed by atoms with Crippen LogP contribution in [-0.4, -0.2) is 47.4 Å². The van der Waals surface area contributed by atoms with E-state index in [-0.39, 0.29) is 12.1 Å². The Labute approximate surface area is 210 Å². The average molecular weight is 501 g/mol. The Morgan fingerprint density at radius 2 is 1.89 bits per heavy atom. The van der Waals surface area contributed by atoms with Crippen LogP contribution in [-0.2, 0) is 13.5 Å². The summed E-state index contributed by atoms with van der Waals surface area (Å²) in [5, 5.41) is 19.9. The molecule has 4 aromatic heterocycles. The smallest absolute Gasteiger partial charge is 0.323 e. The molecular weight excluding hydrogens is 480 g/mol. The van der Waals surface area contributed by atoms with Crippen LogP contribution in [0.4, 0.5) is 22.4 Å². The number of amides is 2. The largest absolute Gasteiger partial charge is 0.327 e. The molecule has 5 aromatic rings. The van der Waals surface area contributed by atoms with E-state index in [0.29, 0.717) is 40.4 Å². The second kappa shape index (κ2) is 8.61. The minimum atomic E-state index is -0.364. The van der Waals surface area contributed by atoms with E-state index in [1.54, 1.807) is 29.0 Å². The Kier molecular flexibility index (Phi) is 5.26. The molecule has 1 unspecified atom stereocenters. The standard InChI is InChI=1S/C24H21ClN10O/c1-33-21-13-15(17-7-9-26-23(28-17)30-19-8-10-27-34(19)2)12-20-31-32-22(35(20)21)18(29-24(33)36)11-14-3-5-16(25)6-4-14/h3-10,12-13,18H,11H2,1-2H3,(H,29,36)(H,26,28,30). The fourth-order valence-electron chi connectivity index (χ4n) is 4.25. The van der Waals surface area contributed by atoms with E-state index in [2.05, 4.69) is 35.9 Å². The molecule has 36 heavy (non-hydrogen) atoms. The molecule has 0 saturated heterocycles. The fraction of sp³-hybridized carbons (Fsp3) is 0.167. The molecule has 1 atom stereocenters. The van der Waals surface area contributed by atoms with Crippen molar-refractivity contribution in [2.45, 2.75) is 12.5 Å². The first kappa shape index (κ1) is 22.0. The second-order valence-electron chi connectivity index (χ2n) is 8.48. The SMILES string of the molecule is CN1C(=O)NC(Cc2ccc(Cl)cc2)c2nnc3cc(-c4ccnc(Nc5ccnn5C)n4)cc1n23. The van der Waals surface area contributed by atoms with Gasteiger partial charge in [0.15, 0.2) is 11.5 Å². The van der Waals surface area contributed by atoms with Crippen molar-refractivity contribution < 1.29 is 4.79 Å². The van der Waals surface area contributed by atoms with E-state index in [1.807, 2.05) is 60.0 Å². The number of urea groups is 1. The third-order valence-corrected chi connectivity index (χ3v) is 6.39. The second-order valence-corrected chi connectivity index (χ2v) is 8.91. The Bertz CT molecular complexity index is 1590. The predicted octanol–water partition coefficient (Wildman–Crippen LogP) is 3.76. The van der Waals surface area contributed by atoms with Crippen LogP contribution in [0.15, 0.2) is 60.9 Å². The van der Waals surface area contributed by atoms with Crippen LogP contribution in [0.1, 0.15) is 17.4 Å². The number of benzene rings is 1. The van der Waals surface area contributed by atoms with Gasteiger partial charge in [-0.1, -0.05) is 23.7 Å². The highest BCUT2D eigenvalue weighted by Crippen LogP contribution is 2.31. The van der Waals surface area contributed by atoms with Gasteiger partial charge in [0.05, 0.1) is 17.9 Å². The Hall–Kier alpha value is -4.51. The topological polar surface area (TPSA) is 118 Å². The first-order valence-electron chi connectivity index (χ1n) is 11.2. The minimum Gasteiger partial charge on any atom is -0.327 e.